The van der Waals surface area contributed by atoms with Gasteiger partial charge < -0.3 is 30.7 Å². The van der Waals surface area contributed by atoms with Gasteiger partial charge in [-0.05, 0) is 66.8 Å². The number of nitrogens with one attached hydrogen (secondary N) is 4. The van der Waals surface area contributed by atoms with Gasteiger partial charge in [-0.25, -0.2) is 4.39 Å². The number of carbonyl (C=O) groups excluding carboxylic acids is 4. The lowest BCUT2D eigenvalue weighted by Gasteiger charge is -2.24. The highest BCUT2D eigenvalue weighted by Crippen LogP contribution is 2.24. The Morgan fingerprint density at radius 1 is 0.957 bits per heavy atom. The van der Waals surface area contributed by atoms with Crippen molar-refractivity contribution in [3.8, 4) is 11.5 Å². The van der Waals surface area contributed by atoms with Crippen molar-refractivity contribution < 1.29 is 33.0 Å². The summed E-state index contributed by atoms with van der Waals surface area (Å²) in [4.78, 5) is 52.9. The number of hydrogen-bond donors (Lipinski definition) is 4. The predicted octanol–water partition coefficient (Wildman–Crippen LogP) is 4.06. The molecule has 3 aromatic carbocycles. The number of hydrogen-bond acceptors (Lipinski definition) is 6. The van der Waals surface area contributed by atoms with Crippen LogP contribution >= 0.6 is 11.6 Å². The molecular weight excluding hydrogens is 615 g/mol. The molecule has 4 rings (SSSR count). The molecule has 4 N–H and O–H groups in total. The van der Waals surface area contributed by atoms with Gasteiger partial charge in [-0.2, -0.15) is 0 Å². The fraction of sp³-hybridized carbons (Fsp3) is 0.353. The third-order valence-electron chi connectivity index (χ3n) is 7.44. The fourth-order valence-electron chi connectivity index (χ4n) is 4.75. The maximum absolute atomic E-state index is 13.4. The largest absolute Gasteiger partial charge is 0.491 e. The molecule has 1 heterocycles. The standard InChI is InChI=1S/C34H38ClFN4O6/c1-21(2)28-20-46-30-13-9-23(35)19-26(30)32(42)38-17-18-45-29-6-4-3-5-25(29)33(43)40-27(12-14-31(41)39-28)34(44)37-16-15-22-7-10-24(36)11-8-22/h3-11,13,19,21,27-28H,12,14-18,20H2,1-2H3,(H,37,44)(H,38,42)(H,39,41)(H,40,43)/t27-,28-/m0/s1. The minimum atomic E-state index is -1.04. The number of benzene rings is 3. The summed E-state index contributed by atoms with van der Waals surface area (Å²) in [6.45, 7) is 4.34. The van der Waals surface area contributed by atoms with Crippen molar-refractivity contribution in [2.24, 2.45) is 5.92 Å². The molecule has 0 unspecified atom stereocenters. The molecule has 4 amide bonds. The van der Waals surface area contributed by atoms with Gasteiger partial charge >= 0.3 is 0 Å². The van der Waals surface area contributed by atoms with Crippen LogP contribution in [0.1, 0.15) is 53.0 Å². The average molecular weight is 653 g/mol. The van der Waals surface area contributed by atoms with Crippen LogP contribution < -0.4 is 30.7 Å². The van der Waals surface area contributed by atoms with E-state index in [1.165, 1.54) is 18.2 Å². The normalized spacial score (nSPS) is 18.2. The van der Waals surface area contributed by atoms with Crippen molar-refractivity contribution in [3.05, 3.63) is 94.3 Å². The Hall–Kier alpha value is -4.64. The first kappa shape index (κ1) is 34.2. The van der Waals surface area contributed by atoms with Crippen LogP contribution in [0.15, 0.2) is 66.7 Å². The van der Waals surface area contributed by atoms with Crippen molar-refractivity contribution in [2.75, 3.05) is 26.3 Å². The monoisotopic (exact) mass is 652 g/mol. The van der Waals surface area contributed by atoms with Crippen LogP contribution in [0.2, 0.25) is 5.02 Å². The summed E-state index contributed by atoms with van der Waals surface area (Å²) in [6, 6.07) is 15.8. The number of rotatable bonds is 5. The highest BCUT2D eigenvalue weighted by Gasteiger charge is 2.26. The van der Waals surface area contributed by atoms with E-state index in [0.717, 1.165) is 5.56 Å². The number of amides is 4. The second kappa shape index (κ2) is 16.6. The summed E-state index contributed by atoms with van der Waals surface area (Å²) < 4.78 is 25.1. The minimum absolute atomic E-state index is 0.0222. The van der Waals surface area contributed by atoms with E-state index in [9.17, 15) is 23.6 Å². The van der Waals surface area contributed by atoms with Crippen LogP contribution in [0, 0.1) is 11.7 Å². The molecule has 0 radical (unpaired) electrons. The van der Waals surface area contributed by atoms with Gasteiger partial charge in [-0.15, -0.1) is 0 Å². The quantitative estimate of drug-likeness (QED) is 0.329. The molecule has 0 bridgehead atoms. The molecule has 46 heavy (non-hydrogen) atoms. The van der Waals surface area contributed by atoms with Crippen molar-refractivity contribution in [2.45, 2.75) is 45.2 Å². The van der Waals surface area contributed by atoms with Gasteiger partial charge in [0.25, 0.3) is 11.8 Å². The van der Waals surface area contributed by atoms with Crippen LogP contribution in [-0.2, 0) is 16.0 Å². The van der Waals surface area contributed by atoms with E-state index in [0.29, 0.717) is 17.2 Å². The van der Waals surface area contributed by atoms with E-state index in [1.807, 2.05) is 13.8 Å². The van der Waals surface area contributed by atoms with Crippen LogP contribution in [0.25, 0.3) is 0 Å². The molecule has 2 atom stereocenters. The molecule has 1 aliphatic heterocycles. The highest BCUT2D eigenvalue weighted by atomic mass is 35.5. The molecule has 244 valence electrons. The van der Waals surface area contributed by atoms with E-state index in [1.54, 1.807) is 48.5 Å². The lowest BCUT2D eigenvalue weighted by atomic mass is 10.0. The lowest BCUT2D eigenvalue weighted by Crippen LogP contribution is -2.48. The van der Waals surface area contributed by atoms with Gasteiger partial charge in [-0.3, -0.25) is 19.2 Å². The van der Waals surface area contributed by atoms with Crippen molar-refractivity contribution >= 4 is 35.2 Å². The molecule has 0 fully saturated rings. The van der Waals surface area contributed by atoms with Gasteiger partial charge in [0.05, 0.1) is 23.7 Å². The summed E-state index contributed by atoms with van der Waals surface area (Å²) in [5.74, 6) is -1.61. The summed E-state index contributed by atoms with van der Waals surface area (Å²) >= 11 is 6.17. The molecule has 12 heteroatoms. The lowest BCUT2D eigenvalue weighted by molar-refractivity contribution is -0.124. The molecule has 0 saturated heterocycles. The second-order valence-electron chi connectivity index (χ2n) is 11.2. The van der Waals surface area contributed by atoms with Crippen molar-refractivity contribution in [1.29, 1.82) is 0 Å². The second-order valence-corrected chi connectivity index (χ2v) is 11.6. The number of carbonyl (C=O) groups is 4. The third kappa shape index (κ3) is 9.93. The Morgan fingerprint density at radius 2 is 1.70 bits per heavy atom. The Labute approximate surface area is 272 Å². The number of ether oxygens (including phenoxy) is 2. The Bertz CT molecular complexity index is 1530. The first-order valence-corrected chi connectivity index (χ1v) is 15.5. The van der Waals surface area contributed by atoms with E-state index in [2.05, 4.69) is 21.3 Å². The molecule has 1 aliphatic rings. The minimum Gasteiger partial charge on any atom is -0.491 e. The molecule has 0 aromatic heterocycles. The van der Waals surface area contributed by atoms with E-state index in [4.69, 9.17) is 21.1 Å². The highest BCUT2D eigenvalue weighted by molar-refractivity contribution is 6.31. The zero-order chi connectivity index (χ0) is 33.1. The first-order chi connectivity index (χ1) is 22.1. The topological polar surface area (TPSA) is 135 Å². The third-order valence-corrected chi connectivity index (χ3v) is 7.68. The number of halogens is 2. The molecule has 0 spiro atoms. The Morgan fingerprint density at radius 3 is 2.46 bits per heavy atom. The van der Waals surface area contributed by atoms with Crippen LogP contribution in [0.4, 0.5) is 4.39 Å². The van der Waals surface area contributed by atoms with Crippen molar-refractivity contribution in [3.63, 3.8) is 0 Å². The van der Waals surface area contributed by atoms with Crippen LogP contribution in [-0.4, -0.2) is 62.0 Å². The van der Waals surface area contributed by atoms with Gasteiger partial charge in [0.15, 0.2) is 0 Å². The summed E-state index contributed by atoms with van der Waals surface area (Å²) in [5, 5.41) is 11.7. The summed E-state index contributed by atoms with van der Waals surface area (Å²) in [5.41, 5.74) is 1.25. The van der Waals surface area contributed by atoms with Gasteiger partial charge in [0.2, 0.25) is 11.8 Å². The maximum Gasteiger partial charge on any atom is 0.255 e. The summed E-state index contributed by atoms with van der Waals surface area (Å²) in [6.07, 6.45) is 0.409. The molecule has 10 nitrogen and oxygen atoms in total. The maximum atomic E-state index is 13.4. The average Bonchev–Trinajstić information content (AvgIpc) is 3.04. The Balaban J connectivity index is 1.54. The zero-order valence-electron chi connectivity index (χ0n) is 25.7. The zero-order valence-corrected chi connectivity index (χ0v) is 26.5. The van der Waals surface area contributed by atoms with Gasteiger partial charge in [0, 0.05) is 18.0 Å². The van der Waals surface area contributed by atoms with Crippen molar-refractivity contribution in [1.82, 2.24) is 21.3 Å². The molecule has 0 aliphatic carbocycles. The smallest absolute Gasteiger partial charge is 0.255 e. The fourth-order valence-corrected chi connectivity index (χ4v) is 4.92. The van der Waals surface area contributed by atoms with E-state index >= 15 is 0 Å². The number of para-hydroxylation sites is 1. The first-order valence-electron chi connectivity index (χ1n) is 15.2. The van der Waals surface area contributed by atoms with E-state index in [-0.39, 0.29) is 73.7 Å². The molecule has 3 aromatic rings. The number of fused-ring (bicyclic) bond motifs is 2. The molecule has 0 saturated carbocycles. The summed E-state index contributed by atoms with van der Waals surface area (Å²) in [7, 11) is 0. The predicted molar refractivity (Wildman–Crippen MR) is 172 cm³/mol. The van der Waals surface area contributed by atoms with Gasteiger partial charge in [-0.1, -0.05) is 49.7 Å². The Kier molecular flexibility index (Phi) is 12.4. The van der Waals surface area contributed by atoms with Crippen LogP contribution in [0.3, 0.4) is 0 Å². The molecular formula is C34H38ClFN4O6. The van der Waals surface area contributed by atoms with E-state index < -0.39 is 29.8 Å². The van der Waals surface area contributed by atoms with Gasteiger partial charge in [0.1, 0.15) is 36.6 Å². The SMILES string of the molecule is CC(C)[C@@H]1COc2ccc(Cl)cc2C(=O)NCCOc2ccccc2C(=O)N[C@H](C(=O)NCCc2ccc(F)cc2)CCC(=O)N1. The van der Waals surface area contributed by atoms with Crippen LogP contribution in [0.5, 0.6) is 11.5 Å².